The SMILES string of the molecule is CC1=NN(c2ccc(C(F)(F)F)cc2)N(c2c([N+](=O)[O-])cc(Cl)c3ccccc23)[NH2+]1. The van der Waals surface area contributed by atoms with Crippen molar-refractivity contribution >= 4 is 45.3 Å². The van der Waals surface area contributed by atoms with Crippen LogP contribution in [0.25, 0.3) is 10.8 Å². The molecule has 3 aromatic carbocycles. The van der Waals surface area contributed by atoms with Crippen LogP contribution in [-0.2, 0) is 6.18 Å². The van der Waals surface area contributed by atoms with Crippen LogP contribution in [0.5, 0.6) is 0 Å². The molecule has 0 saturated heterocycles. The van der Waals surface area contributed by atoms with Gasteiger partial charge in [0.2, 0.25) is 11.5 Å². The molecule has 0 atom stereocenters. The van der Waals surface area contributed by atoms with Crippen molar-refractivity contribution in [2.24, 2.45) is 5.10 Å². The van der Waals surface area contributed by atoms with E-state index in [0.29, 0.717) is 22.3 Å². The Balaban J connectivity index is 1.88. The van der Waals surface area contributed by atoms with Crippen LogP contribution in [0.15, 0.2) is 59.7 Å². The van der Waals surface area contributed by atoms with E-state index < -0.39 is 16.7 Å². The smallest absolute Gasteiger partial charge is 0.258 e. The molecule has 0 spiro atoms. The van der Waals surface area contributed by atoms with Gasteiger partial charge in [0.15, 0.2) is 0 Å². The topological polar surface area (TPSA) is 78.6 Å². The first-order chi connectivity index (χ1) is 14.2. The highest BCUT2D eigenvalue weighted by molar-refractivity contribution is 6.36. The number of quaternary nitrogens is 1. The summed E-state index contributed by atoms with van der Waals surface area (Å²) in [4.78, 5) is 11.2. The van der Waals surface area contributed by atoms with E-state index in [1.165, 1.54) is 28.4 Å². The summed E-state index contributed by atoms with van der Waals surface area (Å²) in [6, 6.07) is 12.5. The molecule has 0 aromatic heterocycles. The number of hydrazone groups is 1. The fourth-order valence-corrected chi connectivity index (χ4v) is 3.53. The van der Waals surface area contributed by atoms with Crippen molar-refractivity contribution in [3.8, 4) is 0 Å². The predicted octanol–water partition coefficient (Wildman–Crippen LogP) is 4.47. The summed E-state index contributed by atoms with van der Waals surface area (Å²) in [6.07, 6.45) is -4.47. The number of nitro benzene ring substituents is 1. The number of amidine groups is 1. The van der Waals surface area contributed by atoms with Gasteiger partial charge in [-0.2, -0.15) is 18.6 Å². The monoisotopic (exact) mass is 436 g/mol. The predicted molar refractivity (Wildman–Crippen MR) is 107 cm³/mol. The maximum atomic E-state index is 12.9. The Morgan fingerprint density at radius 3 is 2.33 bits per heavy atom. The van der Waals surface area contributed by atoms with E-state index in [2.05, 4.69) is 5.10 Å². The maximum Gasteiger partial charge on any atom is 0.416 e. The molecule has 1 heterocycles. The number of anilines is 2. The second-order valence-electron chi connectivity index (χ2n) is 6.58. The summed E-state index contributed by atoms with van der Waals surface area (Å²) < 4.78 is 38.7. The van der Waals surface area contributed by atoms with E-state index >= 15 is 0 Å². The van der Waals surface area contributed by atoms with Gasteiger partial charge in [0.05, 0.1) is 21.2 Å². The van der Waals surface area contributed by atoms with E-state index in [0.717, 1.165) is 12.1 Å². The van der Waals surface area contributed by atoms with Crippen molar-refractivity contribution in [3.05, 3.63) is 75.3 Å². The van der Waals surface area contributed by atoms with Crippen molar-refractivity contribution in [2.75, 3.05) is 10.2 Å². The fraction of sp³-hybridized carbons (Fsp3) is 0.105. The number of fused-ring (bicyclic) bond motifs is 1. The molecule has 0 unspecified atom stereocenters. The molecule has 0 saturated carbocycles. The van der Waals surface area contributed by atoms with Crippen molar-refractivity contribution < 1.29 is 23.5 Å². The highest BCUT2D eigenvalue weighted by Crippen LogP contribution is 2.41. The third-order valence-electron chi connectivity index (χ3n) is 4.56. The number of alkyl halides is 3. The number of nitro groups is 1. The average Bonchev–Trinajstić information content (AvgIpc) is 3.08. The summed E-state index contributed by atoms with van der Waals surface area (Å²) in [7, 11) is 0. The number of hydrogen-bond acceptors (Lipinski definition) is 5. The summed E-state index contributed by atoms with van der Waals surface area (Å²) in [5.41, 5.74) is 1.03. The van der Waals surface area contributed by atoms with Crippen LogP contribution in [0.3, 0.4) is 0 Å². The molecule has 1 aliphatic heterocycles. The van der Waals surface area contributed by atoms with E-state index in [1.807, 2.05) is 0 Å². The van der Waals surface area contributed by atoms with Crippen molar-refractivity contribution in [1.29, 1.82) is 0 Å². The Morgan fingerprint density at radius 2 is 1.73 bits per heavy atom. The Labute approximate surface area is 173 Å². The molecule has 7 nitrogen and oxygen atoms in total. The minimum absolute atomic E-state index is 0.209. The molecule has 2 N–H and O–H groups in total. The Bertz CT molecular complexity index is 1180. The summed E-state index contributed by atoms with van der Waals surface area (Å²) in [6.45, 7) is 1.68. The van der Waals surface area contributed by atoms with Crippen LogP contribution in [0.4, 0.5) is 30.2 Å². The largest absolute Gasteiger partial charge is 0.416 e. The van der Waals surface area contributed by atoms with Crippen LogP contribution >= 0.6 is 11.6 Å². The summed E-state index contributed by atoms with van der Waals surface area (Å²) in [5.74, 6) is 0.517. The van der Waals surface area contributed by atoms with E-state index in [4.69, 9.17) is 11.6 Å². The summed E-state index contributed by atoms with van der Waals surface area (Å²) >= 11 is 6.25. The van der Waals surface area contributed by atoms with Crippen molar-refractivity contribution in [2.45, 2.75) is 13.1 Å². The van der Waals surface area contributed by atoms with Gasteiger partial charge in [-0.1, -0.05) is 46.1 Å². The van der Waals surface area contributed by atoms with Crippen LogP contribution in [-0.4, -0.2) is 10.8 Å². The third-order valence-corrected chi connectivity index (χ3v) is 4.88. The van der Waals surface area contributed by atoms with Gasteiger partial charge in [-0.25, -0.2) is 0 Å². The average molecular weight is 437 g/mol. The second kappa shape index (κ2) is 7.15. The maximum absolute atomic E-state index is 12.9. The number of hydrazine groups is 1. The first-order valence-corrected chi connectivity index (χ1v) is 9.07. The van der Waals surface area contributed by atoms with E-state index in [9.17, 15) is 23.3 Å². The number of halogens is 4. The Morgan fingerprint density at radius 1 is 1.10 bits per heavy atom. The quantitative estimate of drug-likeness (QED) is 0.373. The lowest BCUT2D eigenvalue weighted by molar-refractivity contribution is -0.547. The molecular formula is C19H14ClF3N5O2+. The van der Waals surface area contributed by atoms with Gasteiger partial charge in [-0.3, -0.25) is 10.1 Å². The second-order valence-corrected chi connectivity index (χ2v) is 6.99. The molecule has 0 aliphatic carbocycles. The molecule has 30 heavy (non-hydrogen) atoms. The van der Waals surface area contributed by atoms with Crippen LogP contribution in [0.2, 0.25) is 5.02 Å². The molecule has 0 bridgehead atoms. The Kier molecular flexibility index (Phi) is 4.75. The minimum Gasteiger partial charge on any atom is -0.258 e. The standard InChI is InChI=1S/C19H13ClF3N5O2/c1-11-24-26(13-8-6-12(7-9-13)19(21,22)23)27(25-11)18-15-5-3-2-4-14(15)16(20)10-17(18)28(29)30/h2-10H,1H3,(H,24,25)/p+1. The zero-order valence-electron chi connectivity index (χ0n) is 15.4. The van der Waals surface area contributed by atoms with Gasteiger partial charge < -0.3 is 0 Å². The first-order valence-electron chi connectivity index (χ1n) is 8.69. The summed E-state index contributed by atoms with van der Waals surface area (Å²) in [5, 5.41) is 20.2. The molecule has 4 rings (SSSR count). The van der Waals surface area contributed by atoms with Gasteiger partial charge in [0.25, 0.3) is 0 Å². The molecular weight excluding hydrogens is 423 g/mol. The van der Waals surface area contributed by atoms with Gasteiger partial charge >= 0.3 is 11.9 Å². The van der Waals surface area contributed by atoms with Crippen LogP contribution in [0, 0.1) is 10.1 Å². The van der Waals surface area contributed by atoms with Gasteiger partial charge in [-0.15, -0.1) is 5.12 Å². The number of hydrogen-bond donors (Lipinski definition) is 1. The number of nitrogens with two attached hydrogens (primary N) is 1. The van der Waals surface area contributed by atoms with Crippen LogP contribution in [0.1, 0.15) is 12.5 Å². The number of rotatable bonds is 3. The molecule has 1 aliphatic rings. The van der Waals surface area contributed by atoms with Gasteiger partial charge in [-0.05, 0) is 24.3 Å². The third kappa shape index (κ3) is 3.40. The zero-order valence-corrected chi connectivity index (χ0v) is 16.1. The zero-order chi connectivity index (χ0) is 21.6. The molecule has 0 amide bonds. The molecule has 11 heteroatoms. The lowest BCUT2D eigenvalue weighted by Gasteiger charge is -2.25. The van der Waals surface area contributed by atoms with E-state index in [-0.39, 0.29) is 16.4 Å². The Hall–Kier alpha value is -3.37. The lowest BCUT2D eigenvalue weighted by Crippen LogP contribution is -2.96. The highest BCUT2D eigenvalue weighted by atomic mass is 35.5. The molecule has 154 valence electrons. The number of benzene rings is 3. The van der Waals surface area contributed by atoms with Crippen molar-refractivity contribution in [1.82, 2.24) is 0 Å². The molecule has 3 aromatic rings. The van der Waals surface area contributed by atoms with Crippen molar-refractivity contribution in [3.63, 3.8) is 0 Å². The van der Waals surface area contributed by atoms with Crippen LogP contribution < -0.4 is 15.7 Å². The lowest BCUT2D eigenvalue weighted by atomic mass is 10.1. The van der Waals surface area contributed by atoms with Gasteiger partial charge in [0, 0.05) is 23.8 Å². The normalized spacial score (nSPS) is 14.4. The fourth-order valence-electron chi connectivity index (χ4n) is 3.26. The van der Waals surface area contributed by atoms with E-state index in [1.54, 1.807) is 36.6 Å². The molecule has 0 fully saturated rings. The first kappa shape index (κ1) is 19.9. The van der Waals surface area contributed by atoms with Gasteiger partial charge in [0.1, 0.15) is 0 Å². The minimum atomic E-state index is -4.47. The molecule has 0 radical (unpaired) electrons. The highest BCUT2D eigenvalue weighted by Gasteiger charge is 2.36. The number of nitrogens with zero attached hydrogens (tertiary/aromatic N) is 4.